The second-order valence-electron chi connectivity index (χ2n) is 7.80. The Labute approximate surface area is 187 Å². The Hall–Kier alpha value is -3.20. The van der Waals surface area contributed by atoms with Crippen LogP contribution in [0.4, 0.5) is 10.7 Å². The third-order valence-corrected chi connectivity index (χ3v) is 4.64. The Morgan fingerprint density at radius 1 is 1.29 bits per heavy atom. The van der Waals surface area contributed by atoms with Gasteiger partial charge < -0.3 is 26.1 Å². The summed E-state index contributed by atoms with van der Waals surface area (Å²) in [5.74, 6) is 0.673. The smallest absolute Gasteiger partial charge is 0.408 e. The van der Waals surface area contributed by atoms with E-state index in [1.54, 1.807) is 19.3 Å². The van der Waals surface area contributed by atoms with E-state index in [2.05, 4.69) is 30.9 Å². The number of ether oxygens (including phenoxy) is 1. The van der Waals surface area contributed by atoms with Crippen LogP contribution in [0.15, 0.2) is 30.4 Å². The summed E-state index contributed by atoms with van der Waals surface area (Å²) in [6.07, 6.45) is 3.63. The Kier molecular flexibility index (Phi) is 7.93. The molecule has 1 atom stereocenters. The predicted octanol–water partition coefficient (Wildman–Crippen LogP) is 4.21. The quantitative estimate of drug-likeness (QED) is 0.470. The highest BCUT2D eigenvalue weighted by Crippen LogP contribution is 2.33. The standard InChI is InChI=1S/C21H28ClN7O2/c1-12-15(13(2)27-20(30)31-21(3,4)5)7-8-16(17(12)22)18-25-11-26-19(29-18)28-14(9-23)10-24-6/h7-11,13,23-24H,1-6H3,(H,27,30)(H,25,26,28,29)/b14-10+,23-9?. The van der Waals surface area contributed by atoms with Gasteiger partial charge in [-0.3, -0.25) is 0 Å². The minimum Gasteiger partial charge on any atom is -0.444 e. The van der Waals surface area contributed by atoms with E-state index in [1.165, 1.54) is 6.33 Å². The zero-order chi connectivity index (χ0) is 23.2. The monoisotopic (exact) mass is 445 g/mol. The van der Waals surface area contributed by atoms with Crippen molar-refractivity contribution in [2.45, 2.75) is 46.3 Å². The van der Waals surface area contributed by atoms with E-state index in [9.17, 15) is 4.79 Å². The van der Waals surface area contributed by atoms with Gasteiger partial charge in [0.15, 0.2) is 5.82 Å². The van der Waals surface area contributed by atoms with Gasteiger partial charge in [0, 0.05) is 25.0 Å². The number of nitrogens with zero attached hydrogens (tertiary/aromatic N) is 3. The number of alkyl carbamates (subject to hydrolysis) is 1. The molecule has 31 heavy (non-hydrogen) atoms. The first-order chi connectivity index (χ1) is 14.6. The molecular weight excluding hydrogens is 418 g/mol. The lowest BCUT2D eigenvalue weighted by Crippen LogP contribution is -2.34. The molecule has 2 aromatic rings. The molecule has 9 nitrogen and oxygen atoms in total. The van der Waals surface area contributed by atoms with Crippen molar-refractivity contribution in [3.05, 3.63) is 46.5 Å². The van der Waals surface area contributed by atoms with Crippen molar-refractivity contribution in [3.8, 4) is 11.4 Å². The summed E-state index contributed by atoms with van der Waals surface area (Å²) < 4.78 is 5.32. The lowest BCUT2D eigenvalue weighted by atomic mass is 9.99. The van der Waals surface area contributed by atoms with Gasteiger partial charge in [-0.25, -0.2) is 14.8 Å². The summed E-state index contributed by atoms with van der Waals surface area (Å²) >= 11 is 6.63. The summed E-state index contributed by atoms with van der Waals surface area (Å²) in [5, 5.41) is 16.5. The number of nitrogens with one attached hydrogen (secondary N) is 4. The van der Waals surface area contributed by atoms with Crippen LogP contribution in [-0.4, -0.2) is 39.9 Å². The predicted molar refractivity (Wildman–Crippen MR) is 122 cm³/mol. The summed E-state index contributed by atoms with van der Waals surface area (Å²) in [6.45, 7) is 9.17. The lowest BCUT2D eigenvalue weighted by molar-refractivity contribution is 0.0508. The number of anilines is 1. The van der Waals surface area contributed by atoms with E-state index in [0.29, 0.717) is 22.1 Å². The number of aromatic nitrogens is 3. The number of amides is 1. The van der Waals surface area contributed by atoms with Gasteiger partial charge in [0.2, 0.25) is 5.95 Å². The molecule has 1 amide bonds. The first kappa shape index (κ1) is 24.1. The Bertz CT molecular complexity index is 986. The molecule has 4 N–H and O–H groups in total. The van der Waals surface area contributed by atoms with Crippen molar-refractivity contribution >= 4 is 29.9 Å². The van der Waals surface area contributed by atoms with Crippen molar-refractivity contribution in [3.63, 3.8) is 0 Å². The summed E-state index contributed by atoms with van der Waals surface area (Å²) in [7, 11) is 1.73. The lowest BCUT2D eigenvalue weighted by Gasteiger charge is -2.23. The zero-order valence-corrected chi connectivity index (χ0v) is 19.3. The normalized spacial score (nSPS) is 12.7. The molecule has 166 valence electrons. The van der Waals surface area contributed by atoms with Crippen molar-refractivity contribution in [2.24, 2.45) is 0 Å². The molecule has 0 bridgehead atoms. The van der Waals surface area contributed by atoms with Crippen LogP contribution in [0.2, 0.25) is 5.02 Å². The molecule has 0 saturated carbocycles. The number of halogens is 1. The molecule has 1 unspecified atom stereocenters. The maximum absolute atomic E-state index is 12.1. The topological polar surface area (TPSA) is 125 Å². The molecule has 0 fully saturated rings. The molecule has 1 aromatic carbocycles. The van der Waals surface area contributed by atoms with Crippen LogP contribution in [0.1, 0.15) is 44.9 Å². The minimum atomic E-state index is -0.579. The summed E-state index contributed by atoms with van der Waals surface area (Å²) in [5.41, 5.74) is 2.19. The largest absolute Gasteiger partial charge is 0.444 e. The first-order valence-electron chi connectivity index (χ1n) is 9.68. The van der Waals surface area contributed by atoms with Gasteiger partial charge in [-0.05, 0) is 51.8 Å². The fourth-order valence-electron chi connectivity index (χ4n) is 2.79. The molecule has 1 aromatic heterocycles. The highest BCUT2D eigenvalue weighted by atomic mass is 35.5. The molecule has 0 aliphatic carbocycles. The van der Waals surface area contributed by atoms with E-state index in [1.807, 2.05) is 40.7 Å². The van der Waals surface area contributed by atoms with Crippen LogP contribution in [0, 0.1) is 12.3 Å². The number of rotatable bonds is 7. The number of carbonyl (C=O) groups is 1. The third kappa shape index (κ3) is 6.65. The number of allylic oxidation sites excluding steroid dienone is 1. The van der Waals surface area contributed by atoms with Gasteiger partial charge in [0.05, 0.1) is 16.8 Å². The van der Waals surface area contributed by atoms with Crippen LogP contribution in [-0.2, 0) is 4.74 Å². The van der Waals surface area contributed by atoms with Crippen molar-refractivity contribution in [1.29, 1.82) is 5.41 Å². The Morgan fingerprint density at radius 2 is 2.00 bits per heavy atom. The van der Waals surface area contributed by atoms with Gasteiger partial charge in [-0.2, -0.15) is 4.98 Å². The molecular formula is C21H28ClN7O2. The van der Waals surface area contributed by atoms with E-state index >= 15 is 0 Å². The van der Waals surface area contributed by atoms with Gasteiger partial charge in [-0.15, -0.1) is 0 Å². The number of benzene rings is 1. The van der Waals surface area contributed by atoms with E-state index < -0.39 is 11.7 Å². The average molecular weight is 446 g/mol. The first-order valence-corrected chi connectivity index (χ1v) is 10.1. The molecule has 0 spiro atoms. The van der Waals surface area contributed by atoms with Gasteiger partial charge in [-0.1, -0.05) is 17.7 Å². The van der Waals surface area contributed by atoms with Crippen molar-refractivity contribution in [2.75, 3.05) is 12.4 Å². The van der Waals surface area contributed by atoms with E-state index in [4.69, 9.17) is 21.7 Å². The molecule has 2 rings (SSSR count). The average Bonchev–Trinajstić information content (AvgIpc) is 2.68. The highest BCUT2D eigenvalue weighted by Gasteiger charge is 2.21. The third-order valence-electron chi connectivity index (χ3n) is 4.15. The van der Waals surface area contributed by atoms with Crippen LogP contribution >= 0.6 is 11.6 Å². The molecule has 0 aliphatic rings. The molecule has 0 aliphatic heterocycles. The fraction of sp³-hybridized carbons (Fsp3) is 0.381. The number of hydrogen-bond acceptors (Lipinski definition) is 8. The fourth-order valence-corrected chi connectivity index (χ4v) is 3.05. The van der Waals surface area contributed by atoms with Crippen molar-refractivity contribution in [1.82, 2.24) is 25.6 Å². The van der Waals surface area contributed by atoms with Crippen molar-refractivity contribution < 1.29 is 9.53 Å². The highest BCUT2D eigenvalue weighted by molar-refractivity contribution is 6.34. The summed E-state index contributed by atoms with van der Waals surface area (Å²) in [6, 6.07) is 3.37. The number of carbonyl (C=O) groups excluding carboxylic acids is 1. The van der Waals surface area contributed by atoms with Crippen LogP contribution in [0.25, 0.3) is 11.4 Å². The maximum atomic E-state index is 12.1. The van der Waals surface area contributed by atoms with Gasteiger partial charge in [0.25, 0.3) is 0 Å². The SMILES string of the molecule is CN/C=C(\C=N)Nc1ncnc(-c2ccc(C(C)NC(=O)OC(C)(C)C)c(C)c2Cl)n1. The zero-order valence-electron chi connectivity index (χ0n) is 18.5. The molecule has 1 heterocycles. The molecule has 0 radical (unpaired) electrons. The maximum Gasteiger partial charge on any atom is 0.408 e. The van der Waals surface area contributed by atoms with E-state index in [-0.39, 0.29) is 12.0 Å². The molecule has 10 heteroatoms. The molecule has 0 saturated heterocycles. The summed E-state index contributed by atoms with van der Waals surface area (Å²) in [4.78, 5) is 24.8. The number of hydrogen-bond donors (Lipinski definition) is 4. The Morgan fingerprint density at radius 3 is 2.61 bits per heavy atom. The second kappa shape index (κ2) is 10.2. The Balaban J connectivity index is 2.28. The van der Waals surface area contributed by atoms with Crippen LogP contribution in [0.3, 0.4) is 0 Å². The second-order valence-corrected chi connectivity index (χ2v) is 8.18. The van der Waals surface area contributed by atoms with E-state index in [0.717, 1.165) is 17.3 Å². The van der Waals surface area contributed by atoms with Gasteiger partial charge in [0.1, 0.15) is 11.9 Å². The van der Waals surface area contributed by atoms with Crippen LogP contribution in [0.5, 0.6) is 0 Å². The van der Waals surface area contributed by atoms with Gasteiger partial charge >= 0.3 is 6.09 Å². The van der Waals surface area contributed by atoms with Crippen LogP contribution < -0.4 is 16.0 Å². The minimum absolute atomic E-state index is 0.285.